The number of ether oxygens (including phenoxy) is 1. The molecule has 0 aromatic heterocycles. The van der Waals surface area contributed by atoms with Crippen molar-refractivity contribution in [3.8, 4) is 0 Å². The maximum Gasteiger partial charge on any atom is 0.307 e. The third-order valence-electron chi connectivity index (χ3n) is 2.45. The highest BCUT2D eigenvalue weighted by Crippen LogP contribution is 2.21. The minimum absolute atomic E-state index is 0.0231. The van der Waals surface area contributed by atoms with Crippen molar-refractivity contribution in [2.45, 2.75) is 53.1 Å². The second-order valence-electron chi connectivity index (χ2n) is 5.12. The monoisotopic (exact) mass is 230 g/mol. The molecular weight excluding hydrogens is 208 g/mol. The van der Waals surface area contributed by atoms with E-state index < -0.39 is 23.5 Å². The zero-order valence-corrected chi connectivity index (χ0v) is 10.7. The topological polar surface area (TPSA) is 63.6 Å². The van der Waals surface area contributed by atoms with Gasteiger partial charge < -0.3 is 9.84 Å². The summed E-state index contributed by atoms with van der Waals surface area (Å²) in [5.41, 5.74) is -0.560. The van der Waals surface area contributed by atoms with Crippen molar-refractivity contribution in [1.82, 2.24) is 0 Å². The van der Waals surface area contributed by atoms with Crippen LogP contribution >= 0.6 is 0 Å². The number of carbonyl (C=O) groups is 2. The molecule has 0 aliphatic carbocycles. The molecule has 1 N–H and O–H groups in total. The second-order valence-corrected chi connectivity index (χ2v) is 5.12. The van der Waals surface area contributed by atoms with Crippen LogP contribution in [-0.2, 0) is 14.3 Å². The van der Waals surface area contributed by atoms with Gasteiger partial charge in [0.25, 0.3) is 0 Å². The Morgan fingerprint density at radius 2 is 1.81 bits per heavy atom. The van der Waals surface area contributed by atoms with E-state index in [9.17, 15) is 9.59 Å². The number of carboxylic acids is 1. The summed E-state index contributed by atoms with van der Waals surface area (Å²) in [5.74, 6) is -2.05. The molecular formula is C12H22O4. The van der Waals surface area contributed by atoms with Crippen molar-refractivity contribution in [1.29, 1.82) is 0 Å². The van der Waals surface area contributed by atoms with Crippen molar-refractivity contribution in [2.24, 2.45) is 11.8 Å². The molecule has 16 heavy (non-hydrogen) atoms. The Kier molecular flexibility index (Phi) is 5.48. The molecule has 0 aromatic rings. The number of hydrogen-bond donors (Lipinski definition) is 1. The molecule has 4 heteroatoms. The molecule has 0 aliphatic heterocycles. The largest absolute Gasteiger partial charge is 0.481 e. The Balaban J connectivity index is 4.42. The lowest BCUT2D eigenvalue weighted by molar-refractivity contribution is -0.161. The number of esters is 1. The van der Waals surface area contributed by atoms with Crippen LogP contribution in [0.2, 0.25) is 0 Å². The van der Waals surface area contributed by atoms with E-state index in [4.69, 9.17) is 9.84 Å². The molecule has 0 aromatic carbocycles. The average molecular weight is 230 g/mol. The van der Waals surface area contributed by atoms with Crippen LogP contribution in [0.15, 0.2) is 0 Å². The molecule has 0 unspecified atom stereocenters. The summed E-state index contributed by atoms with van der Waals surface area (Å²) in [5, 5.41) is 9.01. The van der Waals surface area contributed by atoms with Crippen LogP contribution in [0.1, 0.15) is 47.5 Å². The highest BCUT2D eigenvalue weighted by Gasteiger charge is 2.28. The number of rotatable bonds is 5. The van der Waals surface area contributed by atoms with E-state index in [1.54, 1.807) is 20.8 Å². The van der Waals surface area contributed by atoms with E-state index in [2.05, 4.69) is 0 Å². The molecule has 0 saturated carbocycles. The third kappa shape index (κ3) is 5.73. The molecule has 94 valence electrons. The Labute approximate surface area is 97.0 Å². The fraction of sp³-hybridized carbons (Fsp3) is 0.833. The Hall–Kier alpha value is -1.06. The Morgan fingerprint density at radius 3 is 2.12 bits per heavy atom. The quantitative estimate of drug-likeness (QED) is 0.737. The lowest BCUT2D eigenvalue weighted by Gasteiger charge is -2.22. The molecule has 0 rings (SSSR count). The fourth-order valence-corrected chi connectivity index (χ4v) is 1.38. The Bertz CT molecular complexity index is 252. The summed E-state index contributed by atoms with van der Waals surface area (Å²) in [6.45, 7) is 9.05. The van der Waals surface area contributed by atoms with Crippen LogP contribution < -0.4 is 0 Å². The standard InChI is InChI=1S/C12H22O4/c1-6-8(2)9(11(14)15)7-10(13)16-12(3,4)5/h8-9H,6-7H2,1-5H3,(H,14,15)/t8-,9+/m0/s1. The van der Waals surface area contributed by atoms with Crippen LogP contribution in [-0.4, -0.2) is 22.6 Å². The average Bonchev–Trinajstić information content (AvgIpc) is 2.09. The van der Waals surface area contributed by atoms with E-state index in [1.807, 2.05) is 13.8 Å². The number of hydrogen-bond acceptors (Lipinski definition) is 3. The van der Waals surface area contributed by atoms with Crippen molar-refractivity contribution in [3.63, 3.8) is 0 Å². The first-order valence-corrected chi connectivity index (χ1v) is 5.62. The maximum absolute atomic E-state index is 11.5. The lowest BCUT2D eigenvalue weighted by atomic mass is 9.89. The number of carboxylic acid groups (broad SMARTS) is 1. The summed E-state index contributed by atoms with van der Waals surface area (Å²) in [7, 11) is 0. The van der Waals surface area contributed by atoms with E-state index in [0.717, 1.165) is 6.42 Å². The van der Waals surface area contributed by atoms with Crippen molar-refractivity contribution < 1.29 is 19.4 Å². The summed E-state index contributed by atoms with van der Waals surface area (Å²) in [4.78, 5) is 22.5. The second kappa shape index (κ2) is 5.87. The van der Waals surface area contributed by atoms with Gasteiger partial charge in [0.05, 0.1) is 12.3 Å². The molecule has 0 fully saturated rings. The van der Waals surface area contributed by atoms with E-state index in [-0.39, 0.29) is 12.3 Å². The third-order valence-corrected chi connectivity index (χ3v) is 2.45. The smallest absolute Gasteiger partial charge is 0.307 e. The molecule has 0 amide bonds. The summed E-state index contributed by atoms with van der Waals surface area (Å²) in [6, 6.07) is 0. The predicted octanol–water partition coefficient (Wildman–Crippen LogP) is 2.47. The zero-order valence-electron chi connectivity index (χ0n) is 10.7. The zero-order chi connectivity index (χ0) is 12.9. The van der Waals surface area contributed by atoms with Gasteiger partial charge in [-0.05, 0) is 26.7 Å². The van der Waals surface area contributed by atoms with E-state index in [1.165, 1.54) is 0 Å². The first-order chi connectivity index (χ1) is 7.17. The van der Waals surface area contributed by atoms with Gasteiger partial charge in [0.2, 0.25) is 0 Å². The molecule has 0 saturated heterocycles. The van der Waals surface area contributed by atoms with Crippen molar-refractivity contribution in [3.05, 3.63) is 0 Å². The number of carbonyl (C=O) groups excluding carboxylic acids is 1. The molecule has 4 nitrogen and oxygen atoms in total. The van der Waals surface area contributed by atoms with Gasteiger partial charge >= 0.3 is 11.9 Å². The van der Waals surface area contributed by atoms with Crippen LogP contribution in [0.3, 0.4) is 0 Å². The SMILES string of the molecule is CC[C@H](C)[C@@H](CC(=O)OC(C)(C)C)C(=O)O. The highest BCUT2D eigenvalue weighted by atomic mass is 16.6. The van der Waals surface area contributed by atoms with Crippen molar-refractivity contribution in [2.75, 3.05) is 0 Å². The van der Waals surface area contributed by atoms with E-state index in [0.29, 0.717) is 0 Å². The van der Waals surface area contributed by atoms with Crippen molar-refractivity contribution >= 4 is 11.9 Å². The minimum atomic E-state index is -0.930. The highest BCUT2D eigenvalue weighted by molar-refractivity contribution is 5.79. The van der Waals surface area contributed by atoms with E-state index >= 15 is 0 Å². The molecule has 0 radical (unpaired) electrons. The van der Waals surface area contributed by atoms with Crippen LogP contribution in [0.4, 0.5) is 0 Å². The number of aliphatic carboxylic acids is 1. The van der Waals surface area contributed by atoms with Crippen LogP contribution in [0, 0.1) is 11.8 Å². The predicted molar refractivity (Wildman–Crippen MR) is 61.0 cm³/mol. The maximum atomic E-state index is 11.5. The Morgan fingerprint density at radius 1 is 1.31 bits per heavy atom. The molecule has 2 atom stereocenters. The molecule has 0 bridgehead atoms. The van der Waals surface area contributed by atoms with Gasteiger partial charge in [0.15, 0.2) is 0 Å². The first kappa shape index (κ1) is 14.9. The van der Waals surface area contributed by atoms with Crippen LogP contribution in [0.5, 0.6) is 0 Å². The van der Waals surface area contributed by atoms with Crippen LogP contribution in [0.25, 0.3) is 0 Å². The fourth-order valence-electron chi connectivity index (χ4n) is 1.38. The normalized spacial score (nSPS) is 15.3. The summed E-state index contributed by atoms with van der Waals surface area (Å²) >= 11 is 0. The van der Waals surface area contributed by atoms with Gasteiger partial charge in [-0.25, -0.2) is 0 Å². The van der Waals surface area contributed by atoms with Gasteiger partial charge in [0, 0.05) is 0 Å². The molecule has 0 heterocycles. The van der Waals surface area contributed by atoms with Gasteiger partial charge in [-0.1, -0.05) is 20.3 Å². The molecule has 0 spiro atoms. The minimum Gasteiger partial charge on any atom is -0.481 e. The summed E-state index contributed by atoms with van der Waals surface area (Å²) in [6.07, 6.45) is 0.682. The van der Waals surface area contributed by atoms with Gasteiger partial charge in [-0.3, -0.25) is 9.59 Å². The summed E-state index contributed by atoms with van der Waals surface area (Å²) < 4.78 is 5.11. The molecule has 0 aliphatic rings. The van der Waals surface area contributed by atoms with Gasteiger partial charge in [0.1, 0.15) is 5.60 Å². The van der Waals surface area contributed by atoms with Gasteiger partial charge in [-0.15, -0.1) is 0 Å². The first-order valence-electron chi connectivity index (χ1n) is 5.62. The lowest BCUT2D eigenvalue weighted by Crippen LogP contribution is -2.29. The van der Waals surface area contributed by atoms with Gasteiger partial charge in [-0.2, -0.15) is 0 Å².